The SMILES string of the molecule is Cc1ccc(C)c2sc(N(Cc3ccccn3)C(=O)C3CCN(S(=O)(=O)c4ccc(Cl)s4)CC3)nc12. The third-order valence-electron chi connectivity index (χ3n) is 6.42. The van der Waals surface area contributed by atoms with Gasteiger partial charge in [0, 0.05) is 25.2 Å². The summed E-state index contributed by atoms with van der Waals surface area (Å²) >= 11 is 8.51. The van der Waals surface area contributed by atoms with Crippen LogP contribution < -0.4 is 4.90 Å². The number of halogens is 1. The summed E-state index contributed by atoms with van der Waals surface area (Å²) in [4.78, 5) is 24.9. The number of aromatic nitrogens is 2. The first-order valence-corrected chi connectivity index (χ1v) is 15.0. The molecular weight excluding hydrogens is 536 g/mol. The molecule has 188 valence electrons. The molecule has 0 radical (unpaired) electrons. The van der Waals surface area contributed by atoms with Crippen molar-refractivity contribution < 1.29 is 13.2 Å². The fraction of sp³-hybridized carbons (Fsp3) is 0.320. The number of pyridine rings is 1. The van der Waals surface area contributed by atoms with E-state index in [2.05, 4.69) is 11.1 Å². The number of amides is 1. The molecule has 0 spiro atoms. The molecule has 1 aliphatic heterocycles. The predicted molar refractivity (Wildman–Crippen MR) is 145 cm³/mol. The van der Waals surface area contributed by atoms with E-state index < -0.39 is 10.0 Å². The number of carbonyl (C=O) groups excluding carboxylic acids is 1. The van der Waals surface area contributed by atoms with Crippen LogP contribution in [0.15, 0.2) is 52.9 Å². The van der Waals surface area contributed by atoms with Crippen LogP contribution in [-0.2, 0) is 21.4 Å². The standard InChI is InChI=1S/C25H25ClN4O3S3/c1-16-6-7-17(2)23-22(16)28-25(35-23)30(15-19-5-3-4-12-27-19)24(31)18-10-13-29(14-11-18)36(32,33)21-9-8-20(26)34-21/h3-9,12,18H,10-11,13-15H2,1-2H3. The van der Waals surface area contributed by atoms with Crippen molar-refractivity contribution in [3.8, 4) is 0 Å². The highest BCUT2D eigenvalue weighted by molar-refractivity contribution is 7.91. The van der Waals surface area contributed by atoms with Crippen molar-refractivity contribution in [2.24, 2.45) is 5.92 Å². The van der Waals surface area contributed by atoms with Crippen LogP contribution in [0.4, 0.5) is 5.13 Å². The van der Waals surface area contributed by atoms with Crippen molar-refractivity contribution >= 4 is 65.6 Å². The fourth-order valence-corrected chi connectivity index (χ4v) is 8.61. The summed E-state index contributed by atoms with van der Waals surface area (Å²) in [6.07, 6.45) is 2.60. The zero-order chi connectivity index (χ0) is 25.4. The molecule has 1 aromatic carbocycles. The van der Waals surface area contributed by atoms with Crippen LogP contribution in [0.25, 0.3) is 10.2 Å². The summed E-state index contributed by atoms with van der Waals surface area (Å²) in [5.41, 5.74) is 3.87. The molecule has 36 heavy (non-hydrogen) atoms. The van der Waals surface area contributed by atoms with Gasteiger partial charge in [0.25, 0.3) is 10.0 Å². The van der Waals surface area contributed by atoms with E-state index in [9.17, 15) is 13.2 Å². The lowest BCUT2D eigenvalue weighted by Crippen LogP contribution is -2.44. The van der Waals surface area contributed by atoms with E-state index in [1.807, 2.05) is 38.1 Å². The summed E-state index contributed by atoms with van der Waals surface area (Å²) < 4.78 is 29.2. The Morgan fingerprint density at radius 2 is 1.83 bits per heavy atom. The Morgan fingerprint density at radius 1 is 1.08 bits per heavy atom. The molecule has 1 saturated heterocycles. The normalized spacial score (nSPS) is 15.4. The Labute approximate surface area is 223 Å². The van der Waals surface area contributed by atoms with Crippen molar-refractivity contribution in [3.05, 3.63) is 69.8 Å². The molecule has 1 amide bonds. The number of aryl methyl sites for hydroxylation is 2. The molecule has 7 nitrogen and oxygen atoms in total. The molecular formula is C25H25ClN4O3S3. The van der Waals surface area contributed by atoms with Crippen LogP contribution in [0.5, 0.6) is 0 Å². The van der Waals surface area contributed by atoms with Crippen molar-refractivity contribution in [2.45, 2.75) is 37.4 Å². The van der Waals surface area contributed by atoms with Gasteiger partial charge in [0.15, 0.2) is 5.13 Å². The number of hydrogen-bond acceptors (Lipinski definition) is 7. The zero-order valence-corrected chi connectivity index (χ0v) is 23.1. The Hall–Kier alpha value is -2.37. The van der Waals surface area contributed by atoms with Gasteiger partial charge in [-0.3, -0.25) is 14.7 Å². The van der Waals surface area contributed by atoms with Crippen LogP contribution in [0.1, 0.15) is 29.7 Å². The second-order valence-corrected chi connectivity index (χ2v) is 13.7. The Morgan fingerprint density at radius 3 is 2.47 bits per heavy atom. The van der Waals surface area contributed by atoms with Gasteiger partial charge in [-0.25, -0.2) is 13.4 Å². The maximum Gasteiger partial charge on any atom is 0.252 e. The van der Waals surface area contributed by atoms with Crippen molar-refractivity contribution in [2.75, 3.05) is 18.0 Å². The highest BCUT2D eigenvalue weighted by Gasteiger charge is 2.35. The lowest BCUT2D eigenvalue weighted by Gasteiger charge is -2.32. The third-order valence-corrected chi connectivity index (χ3v) is 11.2. The number of thiazole rings is 1. The minimum absolute atomic E-state index is 0.0498. The molecule has 0 bridgehead atoms. The average molecular weight is 561 g/mol. The molecule has 0 aliphatic carbocycles. The quantitative estimate of drug-likeness (QED) is 0.304. The smallest absolute Gasteiger partial charge is 0.252 e. The molecule has 1 fully saturated rings. The number of benzene rings is 1. The topological polar surface area (TPSA) is 83.5 Å². The molecule has 0 atom stereocenters. The van der Waals surface area contributed by atoms with E-state index in [0.717, 1.165) is 38.4 Å². The van der Waals surface area contributed by atoms with Crippen LogP contribution in [0, 0.1) is 19.8 Å². The Balaban J connectivity index is 1.40. The average Bonchev–Trinajstić information content (AvgIpc) is 3.53. The van der Waals surface area contributed by atoms with Crippen LogP contribution in [0.2, 0.25) is 4.34 Å². The highest BCUT2D eigenvalue weighted by atomic mass is 35.5. The number of anilines is 1. The number of piperidine rings is 1. The molecule has 0 saturated carbocycles. The van der Waals surface area contributed by atoms with Gasteiger partial charge in [-0.2, -0.15) is 4.31 Å². The summed E-state index contributed by atoms with van der Waals surface area (Å²) in [7, 11) is -3.62. The van der Waals surface area contributed by atoms with Gasteiger partial charge in [0.2, 0.25) is 5.91 Å². The highest BCUT2D eigenvalue weighted by Crippen LogP contribution is 2.36. The number of rotatable bonds is 6. The van der Waals surface area contributed by atoms with E-state index in [4.69, 9.17) is 16.6 Å². The van der Waals surface area contributed by atoms with Crippen molar-refractivity contribution in [1.82, 2.24) is 14.3 Å². The van der Waals surface area contributed by atoms with Gasteiger partial charge >= 0.3 is 0 Å². The zero-order valence-electron chi connectivity index (χ0n) is 19.8. The summed E-state index contributed by atoms with van der Waals surface area (Å²) in [5.74, 6) is -0.354. The van der Waals surface area contributed by atoms with Crippen molar-refractivity contribution in [1.29, 1.82) is 0 Å². The monoisotopic (exact) mass is 560 g/mol. The molecule has 0 N–H and O–H groups in total. The van der Waals surface area contributed by atoms with E-state index in [1.165, 1.54) is 21.7 Å². The third kappa shape index (κ3) is 4.92. The number of thiophene rings is 1. The number of fused-ring (bicyclic) bond motifs is 1. The number of carbonyl (C=O) groups is 1. The lowest BCUT2D eigenvalue weighted by molar-refractivity contribution is -0.123. The first-order chi connectivity index (χ1) is 17.2. The van der Waals surface area contributed by atoms with Crippen LogP contribution in [-0.4, -0.2) is 41.7 Å². The van der Waals surface area contributed by atoms with Crippen molar-refractivity contribution in [3.63, 3.8) is 0 Å². The summed E-state index contributed by atoms with van der Waals surface area (Å²) in [6.45, 7) is 4.94. The molecule has 3 aromatic heterocycles. The minimum Gasteiger partial charge on any atom is -0.282 e. The number of hydrogen-bond donors (Lipinski definition) is 0. The van der Waals surface area contributed by atoms with E-state index in [-0.39, 0.29) is 29.1 Å². The second-order valence-electron chi connectivity index (χ2n) is 8.86. The molecule has 4 aromatic rings. The molecule has 0 unspecified atom stereocenters. The maximum atomic E-state index is 13.9. The van der Waals surface area contributed by atoms with Gasteiger partial charge < -0.3 is 0 Å². The Bertz CT molecular complexity index is 1470. The molecule has 5 rings (SSSR count). The largest absolute Gasteiger partial charge is 0.282 e. The van der Waals surface area contributed by atoms with Crippen LogP contribution >= 0.6 is 34.3 Å². The van der Waals surface area contributed by atoms with E-state index >= 15 is 0 Å². The molecule has 1 aliphatic rings. The fourth-order valence-electron chi connectivity index (χ4n) is 4.38. The van der Waals surface area contributed by atoms with Gasteiger partial charge in [-0.15, -0.1) is 11.3 Å². The molecule has 4 heterocycles. The lowest BCUT2D eigenvalue weighted by atomic mass is 9.96. The molecule has 11 heteroatoms. The summed E-state index contributed by atoms with van der Waals surface area (Å²) in [5, 5.41) is 0.640. The predicted octanol–water partition coefficient (Wildman–Crippen LogP) is 5.66. The van der Waals surface area contributed by atoms with E-state index in [1.54, 1.807) is 17.2 Å². The minimum atomic E-state index is -3.62. The van der Waals surface area contributed by atoms with Crippen LogP contribution in [0.3, 0.4) is 0 Å². The first kappa shape index (κ1) is 25.3. The van der Waals surface area contributed by atoms with Gasteiger partial charge in [0.1, 0.15) is 4.21 Å². The second kappa shape index (κ2) is 10.2. The van der Waals surface area contributed by atoms with E-state index in [0.29, 0.717) is 28.9 Å². The summed E-state index contributed by atoms with van der Waals surface area (Å²) in [6, 6.07) is 12.9. The van der Waals surface area contributed by atoms with Gasteiger partial charge in [-0.05, 0) is 62.1 Å². The number of sulfonamides is 1. The van der Waals surface area contributed by atoms with Gasteiger partial charge in [0.05, 0.1) is 26.8 Å². The maximum absolute atomic E-state index is 13.9. The first-order valence-electron chi connectivity index (χ1n) is 11.6. The Kier molecular flexibility index (Phi) is 7.15. The van der Waals surface area contributed by atoms with Gasteiger partial charge in [-0.1, -0.05) is 41.1 Å². The number of nitrogens with zero attached hydrogens (tertiary/aromatic N) is 4.